The lowest BCUT2D eigenvalue weighted by atomic mass is 9.87. The van der Waals surface area contributed by atoms with Gasteiger partial charge in [-0.1, -0.05) is 91.9 Å². The summed E-state index contributed by atoms with van der Waals surface area (Å²) >= 11 is 0. The number of nitrogens with one attached hydrogen (secondary N) is 4. The smallest absolute Gasteiger partial charge is 0.372 e. The van der Waals surface area contributed by atoms with Gasteiger partial charge < -0.3 is 48.0 Å². The van der Waals surface area contributed by atoms with Gasteiger partial charge in [-0.2, -0.15) is 4.57 Å². The quantitative estimate of drug-likeness (QED) is 0.0218. The zero-order valence-corrected chi connectivity index (χ0v) is 63.9. The van der Waals surface area contributed by atoms with Crippen molar-refractivity contribution in [2.24, 2.45) is 42.6 Å². The lowest BCUT2D eigenvalue weighted by Gasteiger charge is -2.31. The highest BCUT2D eigenvalue weighted by atomic mass is 16.6. The number of hydrogen-bond acceptors (Lipinski definition) is 12. The highest BCUT2D eigenvalue weighted by molar-refractivity contribution is 5.72. The van der Waals surface area contributed by atoms with Crippen LogP contribution in [0.4, 0.5) is 0 Å². The molecule has 18 heteroatoms. The van der Waals surface area contributed by atoms with Crippen molar-refractivity contribution in [1.82, 2.24) is 0 Å². The highest BCUT2D eigenvalue weighted by Crippen LogP contribution is 2.25. The number of nitrogens with zero attached hydrogens (tertiary/aromatic N) is 2. The second kappa shape index (κ2) is 54.6. The van der Waals surface area contributed by atoms with Gasteiger partial charge in [-0.25, -0.2) is 9.36 Å². The molecule has 4 N–H and O–H groups in total. The monoisotopic (exact) mass is 1390 g/mol. The Kier molecular flexibility index (Phi) is 47.7. The van der Waals surface area contributed by atoms with Crippen LogP contribution in [-0.2, 0) is 83.6 Å². The largest absolute Gasteiger partial charge is 0.466 e. The molecule has 4 fully saturated rings. The molecule has 99 heavy (non-hydrogen) atoms. The molecule has 18 nitrogen and oxygen atoms in total. The molecule has 4 saturated heterocycles. The normalized spacial score (nSPS) is 21.3. The highest BCUT2D eigenvalue weighted by Gasteiger charge is 2.28. The summed E-state index contributed by atoms with van der Waals surface area (Å²) in [5.41, 5.74) is 2.63. The van der Waals surface area contributed by atoms with Crippen LogP contribution in [0.3, 0.4) is 0 Å². The summed E-state index contributed by atoms with van der Waals surface area (Å²) in [6.45, 7) is 25.2. The summed E-state index contributed by atoms with van der Waals surface area (Å²) in [6, 6.07) is 8.47. The Labute approximate surface area is 600 Å². The molecular weight excluding hydrogens is 1250 g/mol. The number of esters is 6. The molecule has 6 heterocycles. The summed E-state index contributed by atoms with van der Waals surface area (Å²) in [4.78, 5) is 77.0. The number of pyridine rings is 2. The van der Waals surface area contributed by atoms with E-state index < -0.39 is 0 Å². The summed E-state index contributed by atoms with van der Waals surface area (Å²) in [7, 11) is 6.68. The molecule has 0 aromatic carbocycles. The minimum atomic E-state index is -0.216. The van der Waals surface area contributed by atoms with E-state index in [9.17, 15) is 28.8 Å². The van der Waals surface area contributed by atoms with Crippen LogP contribution in [0.2, 0.25) is 0 Å². The maximum absolute atomic E-state index is 12.4. The van der Waals surface area contributed by atoms with Gasteiger partial charge in [0.05, 0.1) is 112 Å². The first-order chi connectivity index (χ1) is 48.0. The Morgan fingerprint density at radius 1 is 0.424 bits per heavy atom. The van der Waals surface area contributed by atoms with E-state index in [0.29, 0.717) is 71.7 Å². The van der Waals surface area contributed by atoms with E-state index >= 15 is 0 Å². The van der Waals surface area contributed by atoms with Crippen molar-refractivity contribution in [2.75, 3.05) is 119 Å². The van der Waals surface area contributed by atoms with Gasteiger partial charge in [0.15, 0.2) is 24.8 Å². The van der Waals surface area contributed by atoms with E-state index in [0.717, 1.165) is 133 Å². The van der Waals surface area contributed by atoms with Gasteiger partial charge in [0.2, 0.25) is 6.54 Å². The van der Waals surface area contributed by atoms with Crippen LogP contribution in [0.5, 0.6) is 0 Å². The van der Waals surface area contributed by atoms with Crippen LogP contribution in [-0.4, -0.2) is 155 Å². The molecule has 0 bridgehead atoms. The molecule has 0 aliphatic carbocycles. The first kappa shape index (κ1) is 86.4. The van der Waals surface area contributed by atoms with Gasteiger partial charge >= 0.3 is 35.8 Å². The third kappa shape index (κ3) is 42.9. The van der Waals surface area contributed by atoms with E-state index in [1.807, 2.05) is 56.3 Å². The predicted octanol–water partition coefficient (Wildman–Crippen LogP) is 7.95. The second-order valence-corrected chi connectivity index (χ2v) is 30.1. The van der Waals surface area contributed by atoms with Crippen LogP contribution in [0.25, 0.3) is 0 Å². The number of likely N-dealkylation sites (tertiary alicyclic amines) is 4. The summed E-state index contributed by atoms with van der Waals surface area (Å²) in [5.74, 6) is 3.04. The molecule has 6 rings (SSSR count). The maximum Gasteiger partial charge on any atom is 0.372 e. The van der Waals surface area contributed by atoms with Crippen molar-refractivity contribution in [3.63, 3.8) is 0 Å². The fourth-order valence-electron chi connectivity index (χ4n) is 14.1. The molecule has 0 spiro atoms. The van der Waals surface area contributed by atoms with E-state index in [2.05, 4.69) is 50.8 Å². The summed E-state index contributed by atoms with van der Waals surface area (Å²) in [6.07, 6.45) is 45.0. The van der Waals surface area contributed by atoms with Gasteiger partial charge in [0.1, 0.15) is 26.1 Å². The fraction of sp³-hybridized carbons (Fsp3) is 0.802. The summed E-state index contributed by atoms with van der Waals surface area (Å²) < 4.78 is 35.5. The zero-order valence-electron chi connectivity index (χ0n) is 63.9. The Hall–Kier alpha value is -5.04. The van der Waals surface area contributed by atoms with Crippen molar-refractivity contribution in [3.8, 4) is 0 Å². The van der Waals surface area contributed by atoms with Gasteiger partial charge in [-0.15, -0.1) is 0 Å². The molecule has 0 saturated carbocycles. The topological polar surface area (TPSA) is 183 Å². The van der Waals surface area contributed by atoms with Crippen molar-refractivity contribution in [2.45, 2.75) is 259 Å². The lowest BCUT2D eigenvalue weighted by molar-refractivity contribution is -0.908. The maximum atomic E-state index is 12.4. The van der Waals surface area contributed by atoms with E-state index in [-0.39, 0.29) is 54.2 Å². The molecule has 4 aliphatic rings. The van der Waals surface area contributed by atoms with Crippen LogP contribution in [0, 0.1) is 35.5 Å². The fourth-order valence-corrected chi connectivity index (χ4v) is 14.1. The third-order valence-corrected chi connectivity index (χ3v) is 21.3. The molecule has 2 unspecified atom stereocenters. The average molecular weight is 1390 g/mol. The number of aryl methyl sites for hydroxylation is 3. The number of carbonyl (C=O) groups excluding carboxylic acids is 6. The Morgan fingerprint density at radius 3 is 1.25 bits per heavy atom. The zero-order chi connectivity index (χ0) is 71.5. The van der Waals surface area contributed by atoms with Gasteiger partial charge in [0, 0.05) is 43.5 Å². The van der Waals surface area contributed by atoms with Crippen LogP contribution >= 0.6 is 0 Å². The summed E-state index contributed by atoms with van der Waals surface area (Å²) in [5, 5.41) is 0. The van der Waals surface area contributed by atoms with Crippen LogP contribution in [0.15, 0.2) is 49.1 Å². The number of quaternary nitrogens is 4. The molecule has 4 aliphatic heterocycles. The van der Waals surface area contributed by atoms with Gasteiger partial charge in [-0.05, 0) is 177 Å². The van der Waals surface area contributed by atoms with Crippen molar-refractivity contribution >= 4 is 35.8 Å². The minimum Gasteiger partial charge on any atom is -0.466 e. The number of piperidine rings is 4. The molecule has 2 atom stereocenters. The standard InChI is InChI=1S/C31H58N2O4.C25H46N2O4.C25H36N2O4/c1-5-26(2)30(34)36-23-10-8-6-7-9-11-24-37-31(35)27(3)25-33-21-17-29(18-22-33)14-12-13-28-15-19-32(4)20-16-28;1-3-20-30-24(28)9-4-5-10-25(29)31-21-19-27-17-13-23(14-18-27)8-6-7-22-11-15-26(2)16-12-22;1-3-24(28)30-19-6-4-5-7-20-31-25(29)21-27-17-13-23(14-18-27)10-8-9-22-11-15-26(2)16-12-22/h26-29H,5-25H2,1-4H3;22-23H,3-21H2,1-2H3;11-18H,3-10,19-21H2,1-2H3/q;;+2/p+4. The Morgan fingerprint density at radius 2 is 0.808 bits per heavy atom. The number of ether oxygens (including phenoxy) is 6. The number of carbonyl (C=O) groups is 6. The third-order valence-electron chi connectivity index (χ3n) is 21.3. The van der Waals surface area contributed by atoms with Gasteiger partial charge in [0.25, 0.3) is 0 Å². The Bertz CT molecular complexity index is 2420. The Balaban J connectivity index is 0.000000317. The van der Waals surface area contributed by atoms with Crippen molar-refractivity contribution in [1.29, 1.82) is 0 Å². The van der Waals surface area contributed by atoms with E-state index in [4.69, 9.17) is 28.4 Å². The molecule has 2 aromatic rings. The first-order valence-electron chi connectivity index (χ1n) is 40.2. The van der Waals surface area contributed by atoms with Crippen LogP contribution < -0.4 is 28.7 Å². The van der Waals surface area contributed by atoms with E-state index in [1.54, 1.807) is 26.5 Å². The predicted molar refractivity (Wildman–Crippen MR) is 389 cm³/mol. The first-order valence-corrected chi connectivity index (χ1v) is 40.2. The van der Waals surface area contributed by atoms with Gasteiger partial charge in [-0.3, -0.25) is 24.0 Å². The molecule has 0 radical (unpaired) electrons. The molecule has 0 amide bonds. The number of unbranched alkanes of at least 4 members (excludes halogenated alkanes) is 9. The number of aromatic nitrogens is 2. The number of hydrogen-bond donors (Lipinski definition) is 4. The van der Waals surface area contributed by atoms with Crippen molar-refractivity contribution < 1.29 is 85.9 Å². The van der Waals surface area contributed by atoms with Crippen molar-refractivity contribution in [3.05, 3.63) is 60.2 Å². The average Bonchev–Trinajstić information content (AvgIpc) is 2.02. The SMILES string of the molecule is CCC(=O)OCCCCCCOC(=O)C[n+]1ccc(CCCc2cc[n+](C)cc2)cc1.CCC(C)C(=O)OCCCCCCCCOC(=O)C(C)C[NH+]1CCC(CCCC2CC[NH+](C)CC2)CC1.CCCOC(=O)CCCCC(=O)OCC[NH+]1CCC(CCCC2CC[NH+](C)CC2)CC1. The van der Waals surface area contributed by atoms with Crippen LogP contribution in [0.1, 0.15) is 251 Å². The minimum absolute atomic E-state index is 0.00347. The van der Waals surface area contributed by atoms with E-state index in [1.165, 1.54) is 153 Å². The number of rotatable bonds is 46. The molecular formula is C81H144N6O12+6. The lowest BCUT2D eigenvalue weighted by Crippen LogP contribution is -3.13. The molecule has 2 aromatic heterocycles. The molecule has 564 valence electrons. The second-order valence-electron chi connectivity index (χ2n) is 30.1.